The molecule has 4 nitrogen and oxygen atoms in total. The number of rotatable bonds is 4. The van der Waals surface area contributed by atoms with Gasteiger partial charge in [0.2, 0.25) is 0 Å². The molecule has 0 aliphatic rings. The first-order valence-electron chi connectivity index (χ1n) is 7.89. The molecule has 0 spiro atoms. The molecule has 0 saturated heterocycles. The van der Waals surface area contributed by atoms with Crippen molar-refractivity contribution in [2.45, 2.75) is 72.1 Å². The molecule has 23 heavy (non-hydrogen) atoms. The maximum Gasteiger partial charge on any atom is 0.303 e. The summed E-state index contributed by atoms with van der Waals surface area (Å²) in [5.41, 5.74) is 2.07. The number of carboxylic acid groups (broad SMARTS) is 1. The van der Waals surface area contributed by atoms with E-state index in [1.165, 1.54) is 0 Å². The lowest BCUT2D eigenvalue weighted by Gasteiger charge is -2.30. The third kappa shape index (κ3) is 4.34. The molecule has 0 aliphatic heterocycles. The van der Waals surface area contributed by atoms with Crippen LogP contribution in [0.15, 0.2) is 6.07 Å². The van der Waals surface area contributed by atoms with Crippen LogP contribution in [0.1, 0.15) is 81.4 Å². The third-order valence-electron chi connectivity index (χ3n) is 3.98. The SMILES string of the molecule is Cc1c(C(=O)CCC(=O)O)cc(C(C)(C)C)c(O)c1C(C)(C)C. The van der Waals surface area contributed by atoms with E-state index in [0.29, 0.717) is 11.1 Å². The molecule has 0 bridgehead atoms. The number of aromatic hydroxyl groups is 1. The molecule has 0 saturated carbocycles. The Morgan fingerprint density at radius 2 is 1.52 bits per heavy atom. The zero-order valence-electron chi connectivity index (χ0n) is 15.2. The average molecular weight is 320 g/mol. The molecule has 0 radical (unpaired) electrons. The minimum absolute atomic E-state index is 0.0336. The summed E-state index contributed by atoms with van der Waals surface area (Å²) in [6.07, 6.45) is -0.219. The summed E-state index contributed by atoms with van der Waals surface area (Å²) in [5, 5.41) is 19.6. The van der Waals surface area contributed by atoms with Gasteiger partial charge in [0, 0.05) is 23.1 Å². The molecule has 0 heterocycles. The summed E-state index contributed by atoms with van der Waals surface area (Å²) in [6, 6.07) is 1.73. The van der Waals surface area contributed by atoms with Gasteiger partial charge in [-0.25, -0.2) is 0 Å². The van der Waals surface area contributed by atoms with Crippen molar-refractivity contribution in [3.63, 3.8) is 0 Å². The van der Waals surface area contributed by atoms with Crippen molar-refractivity contribution >= 4 is 11.8 Å². The van der Waals surface area contributed by atoms with Crippen molar-refractivity contribution < 1.29 is 19.8 Å². The topological polar surface area (TPSA) is 74.6 Å². The minimum Gasteiger partial charge on any atom is -0.507 e. The Morgan fingerprint density at radius 3 is 1.91 bits per heavy atom. The molecular weight excluding hydrogens is 292 g/mol. The molecule has 2 N–H and O–H groups in total. The number of ketones is 1. The van der Waals surface area contributed by atoms with Gasteiger partial charge in [0.25, 0.3) is 0 Å². The van der Waals surface area contributed by atoms with Crippen molar-refractivity contribution in [2.24, 2.45) is 0 Å². The maximum absolute atomic E-state index is 12.5. The van der Waals surface area contributed by atoms with Gasteiger partial charge in [0.1, 0.15) is 5.75 Å². The monoisotopic (exact) mass is 320 g/mol. The molecule has 0 fully saturated rings. The molecule has 1 rings (SSSR count). The molecule has 0 aliphatic carbocycles. The van der Waals surface area contributed by atoms with Crippen LogP contribution >= 0.6 is 0 Å². The van der Waals surface area contributed by atoms with E-state index in [-0.39, 0.29) is 35.2 Å². The Hall–Kier alpha value is -1.84. The molecular formula is C19H28O4. The Morgan fingerprint density at radius 1 is 1.00 bits per heavy atom. The quantitative estimate of drug-likeness (QED) is 0.809. The highest BCUT2D eigenvalue weighted by molar-refractivity contribution is 5.99. The summed E-state index contributed by atoms with van der Waals surface area (Å²) >= 11 is 0. The summed E-state index contributed by atoms with van der Waals surface area (Å²) in [6.45, 7) is 13.7. The molecule has 0 aromatic heterocycles. The number of hydrogen-bond acceptors (Lipinski definition) is 3. The van der Waals surface area contributed by atoms with Crippen molar-refractivity contribution in [3.05, 3.63) is 28.3 Å². The second-order valence-electron chi connectivity index (χ2n) is 8.14. The number of phenols is 1. The van der Waals surface area contributed by atoms with Crippen LogP contribution < -0.4 is 0 Å². The Kier molecular flexibility index (Phi) is 5.30. The molecule has 0 amide bonds. The molecule has 0 atom stereocenters. The van der Waals surface area contributed by atoms with Crippen molar-refractivity contribution in [1.82, 2.24) is 0 Å². The number of benzene rings is 1. The van der Waals surface area contributed by atoms with Crippen LogP contribution in [0, 0.1) is 6.92 Å². The highest BCUT2D eigenvalue weighted by Crippen LogP contribution is 2.42. The summed E-state index contributed by atoms with van der Waals surface area (Å²) < 4.78 is 0. The van der Waals surface area contributed by atoms with Gasteiger partial charge in [-0.3, -0.25) is 9.59 Å². The van der Waals surface area contributed by atoms with E-state index in [2.05, 4.69) is 0 Å². The number of Topliss-reactive ketones (excluding diaryl/α,β-unsaturated/α-hetero) is 1. The second kappa shape index (κ2) is 6.34. The number of aliphatic carboxylic acids is 1. The fourth-order valence-electron chi connectivity index (χ4n) is 2.90. The lowest BCUT2D eigenvalue weighted by molar-refractivity contribution is -0.136. The number of carbonyl (C=O) groups is 2. The number of carboxylic acids is 1. The average Bonchev–Trinajstić information content (AvgIpc) is 2.32. The van der Waals surface area contributed by atoms with Crippen LogP contribution in [0.4, 0.5) is 0 Å². The molecule has 4 heteroatoms. The largest absolute Gasteiger partial charge is 0.507 e. The highest BCUT2D eigenvalue weighted by Gasteiger charge is 2.30. The van der Waals surface area contributed by atoms with Crippen LogP contribution in [0.3, 0.4) is 0 Å². The van der Waals surface area contributed by atoms with E-state index >= 15 is 0 Å². The van der Waals surface area contributed by atoms with Gasteiger partial charge in [0.05, 0.1) is 6.42 Å². The third-order valence-corrected chi connectivity index (χ3v) is 3.98. The fraction of sp³-hybridized carbons (Fsp3) is 0.579. The molecule has 0 unspecified atom stereocenters. The Labute approximate surface area is 138 Å². The summed E-state index contributed by atoms with van der Waals surface area (Å²) in [7, 11) is 0. The first-order chi connectivity index (χ1) is 10.3. The van der Waals surface area contributed by atoms with Gasteiger partial charge in [-0.05, 0) is 29.4 Å². The zero-order valence-corrected chi connectivity index (χ0v) is 15.2. The smallest absolute Gasteiger partial charge is 0.303 e. The van der Waals surface area contributed by atoms with Crippen LogP contribution in [0.25, 0.3) is 0 Å². The van der Waals surface area contributed by atoms with Crippen LogP contribution in [-0.2, 0) is 15.6 Å². The van der Waals surface area contributed by atoms with Gasteiger partial charge in [-0.15, -0.1) is 0 Å². The van der Waals surface area contributed by atoms with E-state index in [0.717, 1.165) is 11.1 Å². The number of phenolic OH excluding ortho intramolecular Hbond substituents is 1. The highest BCUT2D eigenvalue weighted by atomic mass is 16.4. The van der Waals surface area contributed by atoms with Crippen LogP contribution in [0.2, 0.25) is 0 Å². The van der Waals surface area contributed by atoms with E-state index in [9.17, 15) is 14.7 Å². The Balaban J connectivity index is 3.59. The predicted octanol–water partition coefficient (Wildman–Crippen LogP) is 4.34. The maximum atomic E-state index is 12.5. The molecule has 1 aromatic rings. The van der Waals surface area contributed by atoms with E-state index in [4.69, 9.17) is 5.11 Å². The van der Waals surface area contributed by atoms with Gasteiger partial charge in [-0.2, -0.15) is 0 Å². The van der Waals surface area contributed by atoms with Crippen molar-refractivity contribution in [2.75, 3.05) is 0 Å². The fourth-order valence-corrected chi connectivity index (χ4v) is 2.90. The normalized spacial score (nSPS) is 12.3. The van der Waals surface area contributed by atoms with Gasteiger partial charge < -0.3 is 10.2 Å². The lowest BCUT2D eigenvalue weighted by atomic mass is 9.75. The predicted molar refractivity (Wildman–Crippen MR) is 91.4 cm³/mol. The zero-order chi connectivity index (χ0) is 18.2. The minimum atomic E-state index is -0.984. The first kappa shape index (κ1) is 19.2. The number of hydrogen-bond donors (Lipinski definition) is 2. The Bertz CT molecular complexity index is 628. The first-order valence-corrected chi connectivity index (χ1v) is 7.89. The standard InChI is InChI=1S/C19H28O4/c1-11-12(14(20)8-9-15(21)22)10-13(18(2,3)4)17(23)16(11)19(5,6)7/h10,23H,8-9H2,1-7H3,(H,21,22). The molecule has 1 aromatic carbocycles. The second-order valence-corrected chi connectivity index (χ2v) is 8.14. The van der Waals surface area contributed by atoms with Crippen LogP contribution in [0.5, 0.6) is 5.75 Å². The molecule has 128 valence electrons. The van der Waals surface area contributed by atoms with Crippen molar-refractivity contribution in [1.29, 1.82) is 0 Å². The lowest BCUT2D eigenvalue weighted by Crippen LogP contribution is -2.21. The summed E-state index contributed by atoms with van der Waals surface area (Å²) in [5.74, 6) is -0.944. The summed E-state index contributed by atoms with van der Waals surface area (Å²) in [4.78, 5) is 23.2. The van der Waals surface area contributed by atoms with Gasteiger partial charge >= 0.3 is 5.97 Å². The van der Waals surface area contributed by atoms with E-state index in [1.807, 2.05) is 48.5 Å². The van der Waals surface area contributed by atoms with Gasteiger partial charge in [-0.1, -0.05) is 41.5 Å². The number of carbonyl (C=O) groups excluding carboxylic acids is 1. The van der Waals surface area contributed by atoms with Crippen molar-refractivity contribution in [3.8, 4) is 5.75 Å². The van der Waals surface area contributed by atoms with Crippen LogP contribution in [-0.4, -0.2) is 22.0 Å². The van der Waals surface area contributed by atoms with E-state index < -0.39 is 5.97 Å². The van der Waals surface area contributed by atoms with E-state index in [1.54, 1.807) is 6.07 Å². The van der Waals surface area contributed by atoms with Gasteiger partial charge in [0.15, 0.2) is 5.78 Å².